The SMILES string of the molecule is COc1ccc2c(c1)c1ccnc3c1n2C(=O)CC3. The lowest BCUT2D eigenvalue weighted by atomic mass is 10.1. The van der Waals surface area contributed by atoms with Gasteiger partial charge in [0.1, 0.15) is 5.75 Å². The van der Waals surface area contributed by atoms with Crippen LogP contribution >= 0.6 is 0 Å². The van der Waals surface area contributed by atoms with Crippen molar-refractivity contribution in [3.8, 4) is 5.75 Å². The number of hydrogen-bond donors (Lipinski definition) is 0. The van der Waals surface area contributed by atoms with Crippen LogP contribution in [0, 0.1) is 0 Å². The van der Waals surface area contributed by atoms with Gasteiger partial charge < -0.3 is 4.74 Å². The van der Waals surface area contributed by atoms with Crippen LogP contribution in [0.25, 0.3) is 21.8 Å². The summed E-state index contributed by atoms with van der Waals surface area (Å²) in [5.74, 6) is 0.947. The van der Waals surface area contributed by atoms with Gasteiger partial charge in [-0.05, 0) is 24.3 Å². The van der Waals surface area contributed by atoms with Crippen LogP contribution in [0.15, 0.2) is 30.5 Å². The maximum atomic E-state index is 12.2. The fraction of sp³-hybridized carbons (Fsp3) is 0.200. The summed E-state index contributed by atoms with van der Waals surface area (Å²) in [4.78, 5) is 16.6. The minimum Gasteiger partial charge on any atom is -0.497 e. The molecule has 4 rings (SSSR count). The van der Waals surface area contributed by atoms with E-state index in [-0.39, 0.29) is 5.91 Å². The molecule has 0 amide bonds. The smallest absolute Gasteiger partial charge is 0.232 e. The number of methoxy groups -OCH3 is 1. The maximum Gasteiger partial charge on any atom is 0.232 e. The highest BCUT2D eigenvalue weighted by molar-refractivity contribution is 6.15. The van der Waals surface area contributed by atoms with Gasteiger partial charge in [-0.3, -0.25) is 14.3 Å². The molecule has 0 unspecified atom stereocenters. The van der Waals surface area contributed by atoms with Crippen molar-refractivity contribution in [1.82, 2.24) is 9.55 Å². The van der Waals surface area contributed by atoms with E-state index >= 15 is 0 Å². The Balaban J connectivity index is 2.26. The number of aryl methyl sites for hydroxylation is 1. The van der Waals surface area contributed by atoms with Gasteiger partial charge in [0.25, 0.3) is 0 Å². The molecule has 0 spiro atoms. The first-order valence-electron chi connectivity index (χ1n) is 6.29. The molecule has 0 saturated carbocycles. The average Bonchev–Trinajstić information content (AvgIpc) is 2.79. The van der Waals surface area contributed by atoms with Gasteiger partial charge in [-0.15, -0.1) is 0 Å². The van der Waals surface area contributed by atoms with Crippen molar-refractivity contribution >= 4 is 27.7 Å². The summed E-state index contributed by atoms with van der Waals surface area (Å²) in [7, 11) is 1.65. The molecule has 4 nitrogen and oxygen atoms in total. The van der Waals surface area contributed by atoms with Crippen molar-refractivity contribution in [2.75, 3.05) is 7.11 Å². The Kier molecular flexibility index (Phi) is 1.98. The van der Waals surface area contributed by atoms with Crippen molar-refractivity contribution in [1.29, 1.82) is 0 Å². The normalized spacial score (nSPS) is 14.3. The zero-order valence-electron chi connectivity index (χ0n) is 10.5. The lowest BCUT2D eigenvalue weighted by Crippen LogP contribution is -2.17. The number of pyridine rings is 1. The van der Waals surface area contributed by atoms with E-state index in [1.54, 1.807) is 11.7 Å². The number of carbonyl (C=O) groups excluding carboxylic acids is 1. The summed E-state index contributed by atoms with van der Waals surface area (Å²) in [5.41, 5.74) is 2.91. The average molecular weight is 252 g/mol. The number of benzene rings is 1. The van der Waals surface area contributed by atoms with Crippen LogP contribution in [0.5, 0.6) is 5.75 Å². The second kappa shape index (κ2) is 3.57. The molecule has 0 N–H and O–H groups in total. The molecule has 0 radical (unpaired) electrons. The number of nitrogens with zero attached hydrogens (tertiary/aromatic N) is 2. The van der Waals surface area contributed by atoms with E-state index in [1.165, 1.54) is 0 Å². The summed E-state index contributed by atoms with van der Waals surface area (Å²) in [5, 5.41) is 2.13. The van der Waals surface area contributed by atoms with Gasteiger partial charge in [0.15, 0.2) is 0 Å². The predicted octanol–water partition coefficient (Wildman–Crippen LogP) is 2.78. The van der Waals surface area contributed by atoms with E-state index < -0.39 is 0 Å². The summed E-state index contributed by atoms with van der Waals surface area (Å²) >= 11 is 0. The lowest BCUT2D eigenvalue weighted by molar-refractivity contribution is 0.0907. The van der Waals surface area contributed by atoms with Crippen molar-refractivity contribution < 1.29 is 9.53 Å². The third kappa shape index (κ3) is 1.28. The molecule has 19 heavy (non-hydrogen) atoms. The van der Waals surface area contributed by atoms with Gasteiger partial charge >= 0.3 is 0 Å². The largest absolute Gasteiger partial charge is 0.497 e. The topological polar surface area (TPSA) is 44.1 Å². The molecule has 3 aromatic rings. The maximum absolute atomic E-state index is 12.2. The Bertz CT molecular complexity index is 833. The first kappa shape index (κ1) is 10.6. The van der Waals surface area contributed by atoms with Crippen LogP contribution in [-0.4, -0.2) is 22.6 Å². The van der Waals surface area contributed by atoms with Crippen LogP contribution in [-0.2, 0) is 6.42 Å². The highest BCUT2D eigenvalue weighted by Gasteiger charge is 2.23. The van der Waals surface area contributed by atoms with Gasteiger partial charge in [-0.2, -0.15) is 0 Å². The van der Waals surface area contributed by atoms with E-state index in [1.807, 2.05) is 30.5 Å². The van der Waals surface area contributed by atoms with E-state index in [0.29, 0.717) is 6.42 Å². The molecule has 0 atom stereocenters. The Morgan fingerprint density at radius 3 is 2.95 bits per heavy atom. The third-order valence-corrected chi connectivity index (χ3v) is 3.78. The molecule has 1 aliphatic rings. The molecule has 0 fully saturated rings. The molecule has 0 aliphatic carbocycles. The van der Waals surface area contributed by atoms with Gasteiger partial charge in [0, 0.05) is 29.8 Å². The molecule has 3 heterocycles. The van der Waals surface area contributed by atoms with E-state index in [0.717, 1.165) is 39.7 Å². The quantitative estimate of drug-likeness (QED) is 0.669. The van der Waals surface area contributed by atoms with E-state index in [4.69, 9.17) is 4.74 Å². The minimum absolute atomic E-state index is 0.144. The number of carbonyl (C=O) groups is 1. The van der Waals surface area contributed by atoms with E-state index in [9.17, 15) is 4.79 Å². The number of fused-ring (bicyclic) bond motifs is 3. The summed E-state index contributed by atoms with van der Waals surface area (Å²) < 4.78 is 7.08. The molecule has 4 heteroatoms. The first-order valence-corrected chi connectivity index (χ1v) is 6.29. The van der Waals surface area contributed by atoms with Gasteiger partial charge in [-0.25, -0.2) is 0 Å². The summed E-state index contributed by atoms with van der Waals surface area (Å²) in [6.07, 6.45) is 3.06. The van der Waals surface area contributed by atoms with Crippen LogP contribution in [0.1, 0.15) is 16.9 Å². The highest BCUT2D eigenvalue weighted by atomic mass is 16.5. The van der Waals surface area contributed by atoms with Crippen LogP contribution in [0.3, 0.4) is 0 Å². The molecule has 0 bridgehead atoms. The number of aromatic nitrogens is 2. The molecule has 1 aromatic carbocycles. The monoisotopic (exact) mass is 252 g/mol. The Hall–Kier alpha value is -2.36. The second-order valence-electron chi connectivity index (χ2n) is 4.77. The summed E-state index contributed by atoms with van der Waals surface area (Å²) in [6, 6.07) is 7.78. The predicted molar refractivity (Wildman–Crippen MR) is 72.7 cm³/mol. The lowest BCUT2D eigenvalue weighted by Gasteiger charge is -2.13. The van der Waals surface area contributed by atoms with Crippen LogP contribution in [0.4, 0.5) is 0 Å². The molecule has 2 aromatic heterocycles. The highest BCUT2D eigenvalue weighted by Crippen LogP contribution is 2.35. The van der Waals surface area contributed by atoms with Crippen molar-refractivity contribution in [2.24, 2.45) is 0 Å². The fourth-order valence-electron chi connectivity index (χ4n) is 2.92. The Labute approximate surface area is 109 Å². The van der Waals surface area contributed by atoms with Gasteiger partial charge in [-0.1, -0.05) is 0 Å². The van der Waals surface area contributed by atoms with Crippen molar-refractivity contribution in [3.63, 3.8) is 0 Å². The molecule has 0 saturated heterocycles. The zero-order chi connectivity index (χ0) is 13.0. The second-order valence-corrected chi connectivity index (χ2v) is 4.77. The Morgan fingerprint density at radius 2 is 2.11 bits per heavy atom. The fourth-order valence-corrected chi connectivity index (χ4v) is 2.92. The molecule has 1 aliphatic heterocycles. The van der Waals surface area contributed by atoms with Crippen LogP contribution < -0.4 is 4.74 Å². The molecular formula is C15H12N2O2. The first-order chi connectivity index (χ1) is 9.29. The standard InChI is InChI=1S/C15H12N2O2/c1-19-9-2-4-13-11(8-9)10-6-7-16-12-3-5-14(18)17(13)15(10)12/h2,4,6-8H,3,5H2,1H3. The van der Waals surface area contributed by atoms with Crippen molar-refractivity contribution in [2.45, 2.75) is 12.8 Å². The zero-order valence-corrected chi connectivity index (χ0v) is 10.5. The number of rotatable bonds is 1. The van der Waals surface area contributed by atoms with Crippen molar-refractivity contribution in [3.05, 3.63) is 36.2 Å². The Morgan fingerprint density at radius 1 is 1.21 bits per heavy atom. The third-order valence-electron chi connectivity index (χ3n) is 3.78. The van der Waals surface area contributed by atoms with Gasteiger partial charge in [0.05, 0.1) is 23.8 Å². The number of ether oxygens (including phenoxy) is 1. The molecular weight excluding hydrogens is 240 g/mol. The van der Waals surface area contributed by atoms with Crippen LogP contribution in [0.2, 0.25) is 0 Å². The minimum atomic E-state index is 0.144. The van der Waals surface area contributed by atoms with E-state index in [2.05, 4.69) is 4.98 Å². The number of hydrogen-bond acceptors (Lipinski definition) is 3. The molecule has 94 valence electrons. The summed E-state index contributed by atoms with van der Waals surface area (Å²) in [6.45, 7) is 0. The van der Waals surface area contributed by atoms with Gasteiger partial charge in [0.2, 0.25) is 5.91 Å².